The van der Waals surface area contributed by atoms with Crippen LogP contribution >= 0.6 is 0 Å². The highest BCUT2D eigenvalue weighted by Crippen LogP contribution is 2.17. The molecule has 2 aromatic carbocycles. The van der Waals surface area contributed by atoms with E-state index in [-0.39, 0.29) is 23.8 Å². The van der Waals surface area contributed by atoms with Crippen molar-refractivity contribution in [1.82, 2.24) is 19.8 Å². The number of carbonyl (C=O) groups is 1. The number of carbonyl (C=O) groups excluding carboxylic acids is 1. The smallest absolute Gasteiger partial charge is 0.330 e. The van der Waals surface area contributed by atoms with Crippen molar-refractivity contribution in [3.63, 3.8) is 0 Å². The van der Waals surface area contributed by atoms with Gasteiger partial charge in [-0.05, 0) is 56.2 Å². The van der Waals surface area contributed by atoms with Crippen molar-refractivity contribution in [3.8, 4) is 5.69 Å². The molecule has 168 valence electrons. The lowest BCUT2D eigenvalue weighted by atomic mass is 10.1. The third kappa shape index (κ3) is 5.00. The molecule has 7 nitrogen and oxygen atoms in total. The Morgan fingerprint density at radius 3 is 2.34 bits per heavy atom. The van der Waals surface area contributed by atoms with Crippen LogP contribution in [0.5, 0.6) is 0 Å². The lowest BCUT2D eigenvalue weighted by Crippen LogP contribution is -2.45. The highest BCUT2D eigenvalue weighted by Gasteiger charge is 2.22. The molecule has 1 aromatic heterocycles. The van der Waals surface area contributed by atoms with Crippen molar-refractivity contribution in [3.05, 3.63) is 87.6 Å². The molecule has 0 saturated carbocycles. The number of aryl methyl sites for hydroxylation is 1. The zero-order valence-corrected chi connectivity index (χ0v) is 18.8. The van der Waals surface area contributed by atoms with Gasteiger partial charge in [-0.25, -0.2) is 4.79 Å². The van der Waals surface area contributed by atoms with Gasteiger partial charge in [-0.3, -0.25) is 14.3 Å². The number of rotatable bonds is 6. The molecule has 0 spiro atoms. The minimum atomic E-state index is -0.194. The number of benzene rings is 2. The quantitative estimate of drug-likeness (QED) is 0.625. The highest BCUT2D eigenvalue weighted by molar-refractivity contribution is 5.94. The Balaban J connectivity index is 1.41. The number of ether oxygens (including phenoxy) is 1. The van der Waals surface area contributed by atoms with Crippen LogP contribution in [0, 0.1) is 6.92 Å². The fourth-order valence-electron chi connectivity index (χ4n) is 4.35. The molecule has 3 aromatic rings. The number of hydrogen-bond donors (Lipinski definition) is 2. The van der Waals surface area contributed by atoms with E-state index in [2.05, 4.69) is 41.2 Å². The van der Waals surface area contributed by atoms with E-state index in [0.29, 0.717) is 12.1 Å². The molecular weight excluding hydrogens is 404 g/mol. The van der Waals surface area contributed by atoms with Gasteiger partial charge in [0.15, 0.2) is 0 Å². The maximum atomic E-state index is 12.7. The van der Waals surface area contributed by atoms with Gasteiger partial charge in [0.1, 0.15) is 0 Å². The van der Waals surface area contributed by atoms with Crippen LogP contribution in [0.4, 0.5) is 0 Å². The second-order valence-corrected chi connectivity index (χ2v) is 8.52. The third-order valence-electron chi connectivity index (χ3n) is 5.79. The highest BCUT2D eigenvalue weighted by atomic mass is 16.5. The maximum absolute atomic E-state index is 12.7. The number of H-pyrrole nitrogens is 1. The standard InChI is InChI=1S/C25H30N4O3/c1-17-12-27-25(31)29(17)23-10-8-20(9-11-23)24(30)26-13-21-6-4-5-7-22(21)16-28-14-18(2)32-19(3)15-28/h4-12,18-19H,13-16H2,1-3H3,(H,26,30)(H,27,31). The summed E-state index contributed by atoms with van der Waals surface area (Å²) in [6.07, 6.45) is 2.11. The maximum Gasteiger partial charge on any atom is 0.330 e. The average Bonchev–Trinajstić information content (AvgIpc) is 3.10. The first-order valence-corrected chi connectivity index (χ1v) is 11.0. The molecule has 2 unspecified atom stereocenters. The van der Waals surface area contributed by atoms with E-state index in [1.165, 1.54) is 5.56 Å². The van der Waals surface area contributed by atoms with Gasteiger partial charge in [-0.15, -0.1) is 0 Å². The lowest BCUT2D eigenvalue weighted by molar-refractivity contribution is -0.0705. The fourth-order valence-corrected chi connectivity index (χ4v) is 4.35. The van der Waals surface area contributed by atoms with Crippen molar-refractivity contribution in [1.29, 1.82) is 0 Å². The first-order chi connectivity index (χ1) is 15.4. The Morgan fingerprint density at radius 2 is 1.72 bits per heavy atom. The first-order valence-electron chi connectivity index (χ1n) is 11.0. The van der Waals surface area contributed by atoms with Crippen LogP contribution in [-0.4, -0.2) is 45.7 Å². The summed E-state index contributed by atoms with van der Waals surface area (Å²) in [6, 6.07) is 15.3. The van der Waals surface area contributed by atoms with Crippen LogP contribution in [0.15, 0.2) is 59.5 Å². The number of imidazole rings is 1. The average molecular weight is 435 g/mol. The second kappa shape index (κ2) is 9.54. The van der Waals surface area contributed by atoms with Crippen LogP contribution in [0.1, 0.15) is 41.0 Å². The summed E-state index contributed by atoms with van der Waals surface area (Å²) in [6.45, 7) is 9.17. The number of hydrogen-bond acceptors (Lipinski definition) is 4. The molecule has 0 bridgehead atoms. The minimum Gasteiger partial charge on any atom is -0.373 e. The molecule has 1 aliphatic heterocycles. The Hall–Kier alpha value is -3.16. The lowest BCUT2D eigenvalue weighted by Gasteiger charge is -2.35. The Kier molecular flexibility index (Phi) is 6.58. The minimum absolute atomic E-state index is 0.141. The fraction of sp³-hybridized carbons (Fsp3) is 0.360. The molecule has 0 radical (unpaired) electrons. The van der Waals surface area contributed by atoms with E-state index >= 15 is 0 Å². The number of aromatic nitrogens is 2. The molecular formula is C25H30N4O3. The Bertz CT molecular complexity index is 1120. The van der Waals surface area contributed by atoms with Gasteiger partial charge < -0.3 is 15.0 Å². The number of nitrogens with one attached hydrogen (secondary N) is 2. The number of morpholine rings is 1. The van der Waals surface area contributed by atoms with Gasteiger partial charge in [0, 0.05) is 43.6 Å². The van der Waals surface area contributed by atoms with E-state index < -0.39 is 0 Å². The molecule has 1 aliphatic rings. The molecule has 2 heterocycles. The number of amides is 1. The van der Waals surface area contributed by atoms with E-state index in [1.807, 2.05) is 19.1 Å². The van der Waals surface area contributed by atoms with Crippen molar-refractivity contribution in [2.24, 2.45) is 0 Å². The van der Waals surface area contributed by atoms with Gasteiger partial charge in [0.25, 0.3) is 5.91 Å². The molecule has 4 rings (SSSR count). The normalized spacial score (nSPS) is 19.1. The third-order valence-corrected chi connectivity index (χ3v) is 5.79. The number of nitrogens with zero attached hydrogens (tertiary/aromatic N) is 2. The topological polar surface area (TPSA) is 79.4 Å². The van der Waals surface area contributed by atoms with Crippen molar-refractivity contribution in [2.75, 3.05) is 13.1 Å². The Morgan fingerprint density at radius 1 is 1.06 bits per heavy atom. The molecule has 1 amide bonds. The van der Waals surface area contributed by atoms with Gasteiger partial charge in [-0.1, -0.05) is 24.3 Å². The summed E-state index contributed by atoms with van der Waals surface area (Å²) in [5.41, 5.74) is 4.23. The summed E-state index contributed by atoms with van der Waals surface area (Å²) in [5, 5.41) is 3.03. The van der Waals surface area contributed by atoms with Gasteiger partial charge in [0.05, 0.1) is 17.9 Å². The molecule has 7 heteroatoms. The van der Waals surface area contributed by atoms with Crippen molar-refractivity contribution < 1.29 is 9.53 Å². The summed E-state index contributed by atoms with van der Waals surface area (Å²) in [5.74, 6) is -0.141. The zero-order chi connectivity index (χ0) is 22.7. The SMILES string of the molecule is Cc1c[nH]c(=O)n1-c1ccc(C(=O)NCc2ccccc2CN2CC(C)OC(C)C2)cc1. The van der Waals surface area contributed by atoms with Crippen LogP contribution < -0.4 is 11.0 Å². The summed E-state index contributed by atoms with van der Waals surface area (Å²) < 4.78 is 7.41. The van der Waals surface area contributed by atoms with E-state index in [4.69, 9.17) is 4.74 Å². The van der Waals surface area contributed by atoms with Gasteiger partial charge in [-0.2, -0.15) is 0 Å². The monoisotopic (exact) mass is 434 g/mol. The second-order valence-electron chi connectivity index (χ2n) is 8.52. The van der Waals surface area contributed by atoms with Crippen LogP contribution in [0.25, 0.3) is 5.69 Å². The van der Waals surface area contributed by atoms with Crippen molar-refractivity contribution in [2.45, 2.75) is 46.1 Å². The molecule has 32 heavy (non-hydrogen) atoms. The molecule has 0 aliphatic carbocycles. The van der Waals surface area contributed by atoms with E-state index in [1.54, 1.807) is 35.0 Å². The predicted molar refractivity (Wildman–Crippen MR) is 124 cm³/mol. The van der Waals surface area contributed by atoms with E-state index in [9.17, 15) is 9.59 Å². The van der Waals surface area contributed by atoms with Crippen LogP contribution in [-0.2, 0) is 17.8 Å². The van der Waals surface area contributed by atoms with Gasteiger partial charge >= 0.3 is 5.69 Å². The van der Waals surface area contributed by atoms with Crippen LogP contribution in [0.3, 0.4) is 0 Å². The summed E-state index contributed by atoms with van der Waals surface area (Å²) >= 11 is 0. The molecule has 2 atom stereocenters. The van der Waals surface area contributed by atoms with E-state index in [0.717, 1.165) is 36.6 Å². The molecule has 1 saturated heterocycles. The van der Waals surface area contributed by atoms with Gasteiger partial charge in [0.2, 0.25) is 0 Å². The Labute approximate surface area is 188 Å². The predicted octanol–water partition coefficient (Wildman–Crippen LogP) is 3.01. The number of aromatic amines is 1. The summed E-state index contributed by atoms with van der Waals surface area (Å²) in [4.78, 5) is 29.7. The first kappa shape index (κ1) is 22.0. The molecule has 2 N–H and O–H groups in total. The molecule has 1 fully saturated rings. The summed E-state index contributed by atoms with van der Waals surface area (Å²) in [7, 11) is 0. The zero-order valence-electron chi connectivity index (χ0n) is 18.8. The van der Waals surface area contributed by atoms with Crippen LogP contribution in [0.2, 0.25) is 0 Å². The largest absolute Gasteiger partial charge is 0.373 e. The van der Waals surface area contributed by atoms with Crippen molar-refractivity contribution >= 4 is 5.91 Å².